The van der Waals surface area contributed by atoms with Crippen LogP contribution in [0.3, 0.4) is 0 Å². The molecule has 98 valence electrons. The smallest absolute Gasteiger partial charge is 0.127 e. The normalized spacial score (nSPS) is 27.7. The highest BCUT2D eigenvalue weighted by molar-refractivity contribution is 5.54. The SMILES string of the molecule is CNc1cc(N2CCC[C@H]3CCCC[C@H]32)ccn1. The average Bonchev–Trinajstić information content (AvgIpc) is 2.47. The van der Waals surface area contributed by atoms with Crippen LogP contribution >= 0.6 is 0 Å². The predicted octanol–water partition coefficient (Wildman–Crippen LogP) is 3.28. The van der Waals surface area contributed by atoms with Crippen molar-refractivity contribution in [2.45, 2.75) is 44.6 Å². The van der Waals surface area contributed by atoms with Crippen LogP contribution in [0.15, 0.2) is 18.3 Å². The van der Waals surface area contributed by atoms with Gasteiger partial charge in [-0.1, -0.05) is 12.8 Å². The monoisotopic (exact) mass is 245 g/mol. The molecule has 0 amide bonds. The minimum atomic E-state index is 0.777. The number of pyridine rings is 1. The Kier molecular flexibility index (Phi) is 3.39. The minimum absolute atomic E-state index is 0.777. The molecule has 2 atom stereocenters. The maximum atomic E-state index is 4.32. The highest BCUT2D eigenvalue weighted by atomic mass is 15.2. The van der Waals surface area contributed by atoms with Crippen LogP contribution < -0.4 is 10.2 Å². The molecule has 1 aromatic heterocycles. The molecule has 0 bridgehead atoms. The molecule has 3 nitrogen and oxygen atoms in total. The van der Waals surface area contributed by atoms with Crippen molar-refractivity contribution in [2.75, 3.05) is 23.8 Å². The van der Waals surface area contributed by atoms with Crippen LogP contribution in [0.4, 0.5) is 11.5 Å². The van der Waals surface area contributed by atoms with Gasteiger partial charge in [-0.3, -0.25) is 0 Å². The first-order valence-corrected chi connectivity index (χ1v) is 7.29. The summed E-state index contributed by atoms with van der Waals surface area (Å²) in [7, 11) is 1.94. The molecule has 18 heavy (non-hydrogen) atoms. The topological polar surface area (TPSA) is 28.2 Å². The summed E-state index contributed by atoms with van der Waals surface area (Å²) in [6.07, 6.45) is 10.4. The van der Waals surface area contributed by atoms with Gasteiger partial charge in [-0.2, -0.15) is 0 Å². The third-order valence-electron chi connectivity index (χ3n) is 4.57. The molecule has 2 fully saturated rings. The van der Waals surface area contributed by atoms with Gasteiger partial charge in [-0.25, -0.2) is 4.98 Å². The first-order valence-electron chi connectivity index (χ1n) is 7.29. The van der Waals surface area contributed by atoms with Crippen LogP contribution in [0.1, 0.15) is 38.5 Å². The van der Waals surface area contributed by atoms with E-state index in [0.717, 1.165) is 17.8 Å². The van der Waals surface area contributed by atoms with Crippen molar-refractivity contribution in [3.8, 4) is 0 Å². The van der Waals surface area contributed by atoms with Crippen molar-refractivity contribution in [2.24, 2.45) is 5.92 Å². The van der Waals surface area contributed by atoms with E-state index in [1.165, 1.54) is 50.8 Å². The zero-order valence-electron chi connectivity index (χ0n) is 11.2. The summed E-state index contributed by atoms with van der Waals surface area (Å²) in [5.41, 5.74) is 1.35. The van der Waals surface area contributed by atoms with Gasteiger partial charge >= 0.3 is 0 Å². The van der Waals surface area contributed by atoms with E-state index >= 15 is 0 Å². The molecule has 3 rings (SSSR count). The Hall–Kier alpha value is -1.25. The molecule has 0 spiro atoms. The quantitative estimate of drug-likeness (QED) is 0.866. The number of piperidine rings is 1. The van der Waals surface area contributed by atoms with Crippen molar-refractivity contribution in [3.05, 3.63) is 18.3 Å². The molecule has 2 heterocycles. The van der Waals surface area contributed by atoms with Gasteiger partial charge in [0.2, 0.25) is 0 Å². The van der Waals surface area contributed by atoms with E-state index in [2.05, 4.69) is 27.3 Å². The summed E-state index contributed by atoms with van der Waals surface area (Å²) in [5.74, 6) is 1.91. The summed E-state index contributed by atoms with van der Waals surface area (Å²) in [6.45, 7) is 1.22. The van der Waals surface area contributed by atoms with Crippen LogP contribution in [-0.2, 0) is 0 Å². The number of fused-ring (bicyclic) bond motifs is 1. The summed E-state index contributed by atoms with van der Waals surface area (Å²) in [5, 5.41) is 3.14. The molecule has 1 aliphatic heterocycles. The lowest BCUT2D eigenvalue weighted by Crippen LogP contribution is -2.46. The van der Waals surface area contributed by atoms with Crippen LogP contribution in [0.25, 0.3) is 0 Å². The fourth-order valence-electron chi connectivity index (χ4n) is 3.68. The Morgan fingerprint density at radius 2 is 2.06 bits per heavy atom. The van der Waals surface area contributed by atoms with Gasteiger partial charge in [0.25, 0.3) is 0 Å². The van der Waals surface area contributed by atoms with E-state index in [-0.39, 0.29) is 0 Å². The second-order valence-electron chi connectivity index (χ2n) is 5.60. The summed E-state index contributed by atoms with van der Waals surface area (Å²) in [6, 6.07) is 5.13. The molecular formula is C15H23N3. The van der Waals surface area contributed by atoms with Crippen molar-refractivity contribution in [1.29, 1.82) is 0 Å². The van der Waals surface area contributed by atoms with Crippen LogP contribution in [-0.4, -0.2) is 24.6 Å². The zero-order chi connectivity index (χ0) is 12.4. The van der Waals surface area contributed by atoms with Crippen molar-refractivity contribution in [3.63, 3.8) is 0 Å². The molecule has 2 aliphatic rings. The Morgan fingerprint density at radius 3 is 2.94 bits per heavy atom. The lowest BCUT2D eigenvalue weighted by Gasteiger charge is -2.45. The average molecular weight is 245 g/mol. The van der Waals surface area contributed by atoms with Gasteiger partial charge in [0.15, 0.2) is 0 Å². The molecule has 0 radical (unpaired) electrons. The standard InChI is InChI=1S/C15H23N3/c1-16-15-11-13(8-9-17-15)18-10-4-6-12-5-2-3-7-14(12)18/h8-9,11-12,14H,2-7,10H2,1H3,(H,16,17)/t12-,14-/m1/s1. The number of nitrogens with one attached hydrogen (secondary N) is 1. The van der Waals surface area contributed by atoms with Gasteiger partial charge in [-0.15, -0.1) is 0 Å². The van der Waals surface area contributed by atoms with E-state index in [9.17, 15) is 0 Å². The number of hydrogen-bond acceptors (Lipinski definition) is 3. The maximum absolute atomic E-state index is 4.32. The summed E-state index contributed by atoms with van der Waals surface area (Å²) < 4.78 is 0. The fourth-order valence-corrected chi connectivity index (χ4v) is 3.68. The van der Waals surface area contributed by atoms with Crippen molar-refractivity contribution >= 4 is 11.5 Å². The molecule has 1 N–H and O–H groups in total. The van der Waals surface area contributed by atoms with Gasteiger partial charge in [0.1, 0.15) is 5.82 Å². The second-order valence-corrected chi connectivity index (χ2v) is 5.60. The first-order chi connectivity index (χ1) is 8.88. The van der Waals surface area contributed by atoms with Gasteiger partial charge in [-0.05, 0) is 37.7 Å². The molecule has 1 aliphatic carbocycles. The third-order valence-corrected chi connectivity index (χ3v) is 4.57. The highest BCUT2D eigenvalue weighted by Gasteiger charge is 2.33. The molecule has 1 saturated carbocycles. The van der Waals surface area contributed by atoms with Crippen molar-refractivity contribution in [1.82, 2.24) is 4.98 Å². The Labute approximate surface area is 110 Å². The zero-order valence-corrected chi connectivity index (χ0v) is 11.2. The molecule has 3 heteroatoms. The second kappa shape index (κ2) is 5.17. The molecular weight excluding hydrogens is 222 g/mol. The van der Waals surface area contributed by atoms with Crippen molar-refractivity contribution < 1.29 is 0 Å². The molecule has 1 aromatic rings. The minimum Gasteiger partial charge on any atom is -0.373 e. The number of aromatic nitrogens is 1. The number of hydrogen-bond donors (Lipinski definition) is 1. The summed E-state index contributed by atoms with van der Waals surface area (Å²) >= 11 is 0. The maximum Gasteiger partial charge on any atom is 0.127 e. The molecule has 1 saturated heterocycles. The predicted molar refractivity (Wildman–Crippen MR) is 76.1 cm³/mol. The van der Waals surface area contributed by atoms with E-state index in [1.807, 2.05) is 13.2 Å². The van der Waals surface area contributed by atoms with E-state index in [1.54, 1.807) is 0 Å². The van der Waals surface area contributed by atoms with Crippen LogP contribution in [0.2, 0.25) is 0 Å². The Morgan fingerprint density at radius 1 is 1.22 bits per heavy atom. The van der Waals surface area contributed by atoms with Gasteiger partial charge in [0, 0.05) is 37.6 Å². The Balaban J connectivity index is 1.84. The van der Waals surface area contributed by atoms with E-state index < -0.39 is 0 Å². The lowest BCUT2D eigenvalue weighted by molar-refractivity contribution is 0.244. The first kappa shape index (κ1) is 11.8. The Bertz CT molecular complexity index is 402. The number of anilines is 2. The van der Waals surface area contributed by atoms with Gasteiger partial charge in [0.05, 0.1) is 0 Å². The van der Waals surface area contributed by atoms with E-state index in [4.69, 9.17) is 0 Å². The van der Waals surface area contributed by atoms with Gasteiger partial charge < -0.3 is 10.2 Å². The van der Waals surface area contributed by atoms with Crippen LogP contribution in [0, 0.1) is 5.92 Å². The third kappa shape index (κ3) is 2.18. The fraction of sp³-hybridized carbons (Fsp3) is 0.667. The molecule has 0 aromatic carbocycles. The molecule has 0 unspecified atom stereocenters. The summed E-state index contributed by atoms with van der Waals surface area (Å²) in [4.78, 5) is 6.95. The van der Waals surface area contributed by atoms with E-state index in [0.29, 0.717) is 0 Å². The largest absolute Gasteiger partial charge is 0.373 e. The number of nitrogens with zero attached hydrogens (tertiary/aromatic N) is 2. The number of rotatable bonds is 2. The van der Waals surface area contributed by atoms with Crippen LogP contribution in [0.5, 0.6) is 0 Å². The lowest BCUT2D eigenvalue weighted by atomic mass is 9.78. The highest BCUT2D eigenvalue weighted by Crippen LogP contribution is 2.37.